The molecule has 114 valence electrons. The van der Waals surface area contributed by atoms with E-state index in [2.05, 4.69) is 0 Å². The maximum Gasteiger partial charge on any atom is 0.319 e. The van der Waals surface area contributed by atoms with Crippen LogP contribution >= 0.6 is 0 Å². The lowest BCUT2D eigenvalue weighted by atomic mass is 9.78. The fourth-order valence-electron chi connectivity index (χ4n) is 2.16. The van der Waals surface area contributed by atoms with Crippen molar-refractivity contribution in [1.82, 2.24) is 0 Å². The van der Waals surface area contributed by atoms with Gasteiger partial charge in [0.15, 0.2) is 5.78 Å². The summed E-state index contributed by atoms with van der Waals surface area (Å²) in [5, 5.41) is 0. The fraction of sp³-hybridized carbons (Fsp3) is 0.412. The Labute approximate surface area is 124 Å². The number of ketones is 1. The lowest BCUT2D eigenvalue weighted by molar-refractivity contribution is -0.159. The minimum absolute atomic E-state index is 0.246. The zero-order valence-electron chi connectivity index (χ0n) is 12.7. The number of benzene rings is 1. The van der Waals surface area contributed by atoms with E-state index in [-0.39, 0.29) is 18.2 Å². The molecule has 0 amide bonds. The SMILES string of the molecule is CCOC(=O)C(CC)(CC)C(=O)C=Cc1ccc(F)cc1. The van der Waals surface area contributed by atoms with Gasteiger partial charge in [0.2, 0.25) is 0 Å². The summed E-state index contributed by atoms with van der Waals surface area (Å²) in [6, 6.07) is 5.79. The molecule has 0 aliphatic rings. The highest BCUT2D eigenvalue weighted by Crippen LogP contribution is 2.30. The van der Waals surface area contributed by atoms with Crippen LogP contribution in [0.3, 0.4) is 0 Å². The van der Waals surface area contributed by atoms with Crippen LogP contribution in [-0.4, -0.2) is 18.4 Å². The van der Waals surface area contributed by atoms with Gasteiger partial charge in [-0.25, -0.2) is 4.39 Å². The van der Waals surface area contributed by atoms with Crippen LogP contribution < -0.4 is 0 Å². The Morgan fingerprint density at radius 1 is 1.14 bits per heavy atom. The molecule has 1 aromatic rings. The highest BCUT2D eigenvalue weighted by molar-refractivity contribution is 6.10. The Hall–Kier alpha value is -1.97. The molecule has 0 bridgehead atoms. The van der Waals surface area contributed by atoms with Crippen molar-refractivity contribution in [3.63, 3.8) is 0 Å². The number of rotatable bonds is 7. The lowest BCUT2D eigenvalue weighted by Gasteiger charge is -2.26. The minimum Gasteiger partial charge on any atom is -0.465 e. The van der Waals surface area contributed by atoms with Gasteiger partial charge in [0.1, 0.15) is 11.2 Å². The number of carbonyl (C=O) groups excluding carboxylic acids is 2. The topological polar surface area (TPSA) is 43.4 Å². The first-order valence-corrected chi connectivity index (χ1v) is 7.15. The summed E-state index contributed by atoms with van der Waals surface area (Å²) in [4.78, 5) is 24.5. The molecule has 0 N–H and O–H groups in total. The van der Waals surface area contributed by atoms with Crippen LogP contribution in [0.25, 0.3) is 6.08 Å². The van der Waals surface area contributed by atoms with E-state index in [0.717, 1.165) is 0 Å². The van der Waals surface area contributed by atoms with Gasteiger partial charge >= 0.3 is 5.97 Å². The van der Waals surface area contributed by atoms with E-state index in [1.165, 1.54) is 18.2 Å². The number of ether oxygens (including phenoxy) is 1. The summed E-state index contributed by atoms with van der Waals surface area (Å²) in [5.74, 6) is -1.10. The summed E-state index contributed by atoms with van der Waals surface area (Å²) in [7, 11) is 0. The van der Waals surface area contributed by atoms with Crippen molar-refractivity contribution in [2.45, 2.75) is 33.6 Å². The van der Waals surface area contributed by atoms with Crippen LogP contribution in [-0.2, 0) is 14.3 Å². The Bertz CT molecular complexity index is 513. The molecule has 0 spiro atoms. The summed E-state index contributed by atoms with van der Waals surface area (Å²) in [5.41, 5.74) is -0.429. The fourth-order valence-corrected chi connectivity index (χ4v) is 2.16. The summed E-state index contributed by atoms with van der Waals surface area (Å²) in [6.07, 6.45) is 3.72. The molecule has 1 aromatic carbocycles. The lowest BCUT2D eigenvalue weighted by Crippen LogP contribution is -2.38. The largest absolute Gasteiger partial charge is 0.465 e. The third kappa shape index (κ3) is 4.00. The van der Waals surface area contributed by atoms with E-state index >= 15 is 0 Å². The average Bonchev–Trinajstić information content (AvgIpc) is 2.49. The highest BCUT2D eigenvalue weighted by atomic mass is 19.1. The molecule has 0 radical (unpaired) electrons. The third-order valence-electron chi connectivity index (χ3n) is 3.64. The van der Waals surface area contributed by atoms with Gasteiger partial charge < -0.3 is 4.74 Å². The molecular weight excluding hydrogens is 271 g/mol. The molecule has 0 heterocycles. The molecular formula is C17H21FO3. The second-order valence-electron chi connectivity index (χ2n) is 4.76. The van der Waals surface area contributed by atoms with Crippen molar-refractivity contribution >= 4 is 17.8 Å². The molecule has 0 saturated heterocycles. The first-order valence-electron chi connectivity index (χ1n) is 7.15. The van der Waals surface area contributed by atoms with Gasteiger partial charge in [0.05, 0.1) is 6.61 Å². The first-order chi connectivity index (χ1) is 10.00. The Morgan fingerprint density at radius 2 is 1.71 bits per heavy atom. The normalized spacial score (nSPS) is 11.6. The van der Waals surface area contributed by atoms with Gasteiger partial charge in [-0.3, -0.25) is 9.59 Å². The van der Waals surface area contributed by atoms with Crippen molar-refractivity contribution in [3.05, 3.63) is 41.7 Å². The molecule has 0 aromatic heterocycles. The first kappa shape index (κ1) is 17.1. The summed E-state index contributed by atoms with van der Waals surface area (Å²) >= 11 is 0. The van der Waals surface area contributed by atoms with Crippen LogP contribution in [0, 0.1) is 11.2 Å². The standard InChI is InChI=1S/C17H21FO3/c1-4-17(5-2,16(20)21-6-3)15(19)12-9-13-7-10-14(18)11-8-13/h7-12H,4-6H2,1-3H3. The van der Waals surface area contributed by atoms with E-state index in [9.17, 15) is 14.0 Å². The van der Waals surface area contributed by atoms with Crippen LogP contribution in [0.1, 0.15) is 39.2 Å². The zero-order chi connectivity index (χ0) is 15.9. The Morgan fingerprint density at radius 3 is 2.19 bits per heavy atom. The number of hydrogen-bond acceptors (Lipinski definition) is 3. The zero-order valence-corrected chi connectivity index (χ0v) is 12.7. The summed E-state index contributed by atoms with van der Waals surface area (Å²) in [6.45, 7) is 5.55. The average molecular weight is 292 g/mol. The van der Waals surface area contributed by atoms with Gasteiger partial charge in [-0.05, 0) is 43.5 Å². The molecule has 0 atom stereocenters. The van der Waals surface area contributed by atoms with Crippen molar-refractivity contribution in [1.29, 1.82) is 0 Å². The van der Waals surface area contributed by atoms with E-state index in [4.69, 9.17) is 4.74 Å². The maximum atomic E-state index is 12.8. The molecule has 4 heteroatoms. The van der Waals surface area contributed by atoms with Gasteiger partial charge in [-0.15, -0.1) is 0 Å². The van der Waals surface area contributed by atoms with Crippen LogP contribution in [0.2, 0.25) is 0 Å². The van der Waals surface area contributed by atoms with E-state index in [1.807, 2.05) is 0 Å². The molecule has 0 fully saturated rings. The number of allylic oxidation sites excluding steroid dienone is 1. The second kappa shape index (κ2) is 7.72. The highest BCUT2D eigenvalue weighted by Gasteiger charge is 2.42. The van der Waals surface area contributed by atoms with Gasteiger partial charge in [0.25, 0.3) is 0 Å². The molecule has 0 saturated carbocycles. The van der Waals surface area contributed by atoms with Crippen LogP contribution in [0.4, 0.5) is 4.39 Å². The number of esters is 1. The Balaban J connectivity index is 2.96. The minimum atomic E-state index is -1.13. The van der Waals surface area contributed by atoms with Gasteiger partial charge in [0, 0.05) is 0 Å². The molecule has 0 aliphatic carbocycles. The smallest absolute Gasteiger partial charge is 0.319 e. The number of halogens is 1. The quantitative estimate of drug-likeness (QED) is 0.436. The maximum absolute atomic E-state index is 12.8. The van der Waals surface area contributed by atoms with Crippen LogP contribution in [0.5, 0.6) is 0 Å². The molecule has 0 unspecified atom stereocenters. The van der Waals surface area contributed by atoms with Crippen LogP contribution in [0.15, 0.2) is 30.3 Å². The van der Waals surface area contributed by atoms with E-state index in [0.29, 0.717) is 18.4 Å². The molecule has 0 aliphatic heterocycles. The van der Waals surface area contributed by atoms with E-state index in [1.54, 1.807) is 39.0 Å². The van der Waals surface area contributed by atoms with Gasteiger partial charge in [-0.1, -0.05) is 32.1 Å². The second-order valence-corrected chi connectivity index (χ2v) is 4.76. The molecule has 1 rings (SSSR count). The van der Waals surface area contributed by atoms with Crippen molar-refractivity contribution < 1.29 is 18.7 Å². The predicted octanol–water partition coefficient (Wildman–Crippen LogP) is 3.78. The Kier molecular flexibility index (Phi) is 6.28. The van der Waals surface area contributed by atoms with Crippen molar-refractivity contribution in [2.24, 2.45) is 5.41 Å². The molecule has 21 heavy (non-hydrogen) atoms. The number of carbonyl (C=O) groups is 2. The summed E-state index contributed by atoms with van der Waals surface area (Å²) < 4.78 is 17.9. The van der Waals surface area contributed by atoms with Crippen molar-refractivity contribution in [3.8, 4) is 0 Å². The van der Waals surface area contributed by atoms with E-state index < -0.39 is 11.4 Å². The monoisotopic (exact) mass is 292 g/mol. The van der Waals surface area contributed by atoms with Gasteiger partial charge in [-0.2, -0.15) is 0 Å². The molecule has 3 nitrogen and oxygen atoms in total. The van der Waals surface area contributed by atoms with Crippen molar-refractivity contribution in [2.75, 3.05) is 6.61 Å². The predicted molar refractivity (Wildman–Crippen MR) is 80.1 cm³/mol. The third-order valence-corrected chi connectivity index (χ3v) is 3.64. The number of hydrogen-bond donors (Lipinski definition) is 0.